The molecule has 1 N–H and O–H groups in total. The Hall–Kier alpha value is -2.37. The number of benzene rings is 1. The quantitative estimate of drug-likeness (QED) is 0.830. The van der Waals surface area contributed by atoms with Gasteiger partial charge in [-0.15, -0.1) is 0 Å². The van der Waals surface area contributed by atoms with Gasteiger partial charge in [0, 0.05) is 13.1 Å². The molecular formula is C15H17N3O3. The van der Waals surface area contributed by atoms with Crippen LogP contribution in [0.4, 0.5) is 4.79 Å². The number of urea groups is 1. The lowest BCUT2D eigenvalue weighted by Crippen LogP contribution is -2.41. The van der Waals surface area contributed by atoms with Crippen molar-refractivity contribution in [3.05, 3.63) is 35.9 Å². The molecule has 1 aromatic rings. The highest BCUT2D eigenvalue weighted by Crippen LogP contribution is 2.26. The summed E-state index contributed by atoms with van der Waals surface area (Å²) < 4.78 is 0. The molecule has 6 nitrogen and oxygen atoms in total. The molecule has 21 heavy (non-hydrogen) atoms. The molecular weight excluding hydrogens is 270 g/mol. The minimum absolute atomic E-state index is 0.197. The van der Waals surface area contributed by atoms with Crippen LogP contribution in [-0.4, -0.2) is 46.8 Å². The average molecular weight is 287 g/mol. The number of rotatable bonds is 4. The third-order valence-corrected chi connectivity index (χ3v) is 3.91. The second-order valence-corrected chi connectivity index (χ2v) is 5.32. The monoisotopic (exact) mass is 287 g/mol. The fourth-order valence-corrected chi connectivity index (χ4v) is 2.82. The zero-order chi connectivity index (χ0) is 14.8. The second kappa shape index (κ2) is 5.55. The Bertz CT molecular complexity index is 551. The van der Waals surface area contributed by atoms with Crippen LogP contribution in [0.5, 0.6) is 0 Å². The van der Waals surface area contributed by atoms with Gasteiger partial charge in [0.2, 0.25) is 5.91 Å². The van der Waals surface area contributed by atoms with Crippen LogP contribution in [-0.2, 0) is 16.1 Å². The molecule has 2 heterocycles. The van der Waals surface area contributed by atoms with Gasteiger partial charge in [-0.2, -0.15) is 0 Å². The van der Waals surface area contributed by atoms with E-state index >= 15 is 0 Å². The fraction of sp³-hybridized carbons (Fsp3) is 0.400. The van der Waals surface area contributed by atoms with E-state index in [0.717, 1.165) is 16.9 Å². The molecule has 0 spiro atoms. The van der Waals surface area contributed by atoms with E-state index in [-0.39, 0.29) is 30.4 Å². The van der Waals surface area contributed by atoms with Crippen LogP contribution in [0, 0.1) is 0 Å². The summed E-state index contributed by atoms with van der Waals surface area (Å²) in [6, 6.07) is 8.81. The predicted molar refractivity (Wildman–Crippen MR) is 75.1 cm³/mol. The van der Waals surface area contributed by atoms with Gasteiger partial charge in [-0.25, -0.2) is 4.79 Å². The number of nitrogens with one attached hydrogen (secondary N) is 1. The highest BCUT2D eigenvalue weighted by atomic mass is 16.2. The Morgan fingerprint density at radius 1 is 1.24 bits per heavy atom. The van der Waals surface area contributed by atoms with Crippen molar-refractivity contribution in [2.24, 2.45) is 0 Å². The van der Waals surface area contributed by atoms with E-state index in [9.17, 15) is 14.4 Å². The van der Waals surface area contributed by atoms with E-state index in [0.29, 0.717) is 19.5 Å². The first-order valence-corrected chi connectivity index (χ1v) is 7.09. The molecule has 2 saturated heterocycles. The van der Waals surface area contributed by atoms with Crippen LogP contribution >= 0.6 is 0 Å². The third kappa shape index (κ3) is 2.61. The van der Waals surface area contributed by atoms with Crippen molar-refractivity contribution in [2.75, 3.05) is 13.1 Å². The molecule has 110 valence electrons. The normalized spacial score (nSPS) is 20.9. The number of fused-ring (bicyclic) bond motifs is 1. The summed E-state index contributed by atoms with van der Waals surface area (Å²) in [5.41, 5.74) is 0.977. The molecule has 1 atom stereocenters. The Morgan fingerprint density at radius 2 is 2.00 bits per heavy atom. The van der Waals surface area contributed by atoms with Crippen LogP contribution in [0.15, 0.2) is 30.3 Å². The first-order valence-electron chi connectivity index (χ1n) is 7.09. The summed E-state index contributed by atoms with van der Waals surface area (Å²) in [7, 11) is 0. The van der Waals surface area contributed by atoms with Gasteiger partial charge in [-0.3, -0.25) is 14.5 Å². The molecule has 2 aliphatic heterocycles. The predicted octanol–water partition coefficient (Wildman–Crippen LogP) is 0.729. The molecule has 0 aliphatic carbocycles. The number of carbonyl (C=O) groups excluding carboxylic acids is 3. The third-order valence-electron chi connectivity index (χ3n) is 3.91. The molecule has 0 saturated carbocycles. The molecule has 0 bridgehead atoms. The number of nitrogens with zero attached hydrogens (tertiary/aromatic N) is 2. The van der Waals surface area contributed by atoms with Gasteiger partial charge in [0.25, 0.3) is 5.91 Å². The van der Waals surface area contributed by atoms with Crippen molar-refractivity contribution < 1.29 is 14.4 Å². The van der Waals surface area contributed by atoms with Gasteiger partial charge in [0.1, 0.15) is 12.6 Å². The van der Waals surface area contributed by atoms with Gasteiger partial charge in [0.05, 0.1) is 0 Å². The highest BCUT2D eigenvalue weighted by molar-refractivity contribution is 6.06. The molecule has 3 rings (SSSR count). The summed E-state index contributed by atoms with van der Waals surface area (Å²) in [6.45, 7) is 0.803. The van der Waals surface area contributed by atoms with Gasteiger partial charge in [-0.05, 0) is 18.4 Å². The fourth-order valence-electron chi connectivity index (χ4n) is 2.82. The van der Waals surface area contributed by atoms with Gasteiger partial charge >= 0.3 is 6.03 Å². The van der Waals surface area contributed by atoms with Crippen LogP contribution in [0.2, 0.25) is 0 Å². The summed E-state index contributed by atoms with van der Waals surface area (Å²) in [4.78, 5) is 38.7. The molecule has 1 unspecified atom stereocenters. The van der Waals surface area contributed by atoms with E-state index in [1.807, 2.05) is 30.3 Å². The molecule has 0 aromatic heterocycles. The summed E-state index contributed by atoms with van der Waals surface area (Å²) in [5.74, 6) is -0.561. The molecule has 4 amide bonds. The van der Waals surface area contributed by atoms with E-state index in [4.69, 9.17) is 0 Å². The Balaban J connectivity index is 1.55. The first kappa shape index (κ1) is 13.6. The maximum absolute atomic E-state index is 12.1. The lowest BCUT2D eigenvalue weighted by Gasteiger charge is -2.15. The van der Waals surface area contributed by atoms with Crippen LogP contribution < -0.4 is 5.32 Å². The average Bonchev–Trinajstić information content (AvgIpc) is 3.06. The lowest BCUT2D eigenvalue weighted by atomic mass is 10.2. The second-order valence-electron chi connectivity index (χ2n) is 5.32. The van der Waals surface area contributed by atoms with Crippen LogP contribution in [0.1, 0.15) is 18.4 Å². The largest absolute Gasteiger partial charge is 0.350 e. The zero-order valence-corrected chi connectivity index (χ0v) is 11.6. The molecule has 1 aromatic carbocycles. The summed E-state index contributed by atoms with van der Waals surface area (Å²) in [5, 5.41) is 2.73. The van der Waals surface area contributed by atoms with E-state index < -0.39 is 0 Å². The maximum atomic E-state index is 12.1. The lowest BCUT2D eigenvalue weighted by molar-refractivity contribution is -0.132. The van der Waals surface area contributed by atoms with Crippen molar-refractivity contribution in [1.29, 1.82) is 0 Å². The van der Waals surface area contributed by atoms with E-state index in [1.165, 1.54) is 0 Å². The number of carbonyl (C=O) groups is 3. The Morgan fingerprint density at radius 3 is 2.71 bits per heavy atom. The highest BCUT2D eigenvalue weighted by Gasteiger charge is 2.47. The SMILES string of the molecule is O=C(CN1C(=O)C2CCCN2C1=O)NCc1ccccc1. The van der Waals surface area contributed by atoms with Crippen molar-refractivity contribution in [3.63, 3.8) is 0 Å². The number of hydrogen-bond donors (Lipinski definition) is 1. The van der Waals surface area contributed by atoms with Gasteiger partial charge in [-0.1, -0.05) is 30.3 Å². The maximum Gasteiger partial charge on any atom is 0.327 e. The van der Waals surface area contributed by atoms with Gasteiger partial charge in [0.15, 0.2) is 0 Å². The summed E-state index contributed by atoms with van der Waals surface area (Å²) >= 11 is 0. The topological polar surface area (TPSA) is 69.7 Å². The number of imide groups is 1. The number of amides is 4. The molecule has 6 heteroatoms. The van der Waals surface area contributed by atoms with Gasteiger partial charge < -0.3 is 10.2 Å². The van der Waals surface area contributed by atoms with Crippen molar-refractivity contribution in [1.82, 2.24) is 15.1 Å². The summed E-state index contributed by atoms with van der Waals surface area (Å²) in [6.07, 6.45) is 1.56. The van der Waals surface area contributed by atoms with E-state index in [1.54, 1.807) is 4.90 Å². The smallest absolute Gasteiger partial charge is 0.327 e. The van der Waals surface area contributed by atoms with Crippen LogP contribution in [0.3, 0.4) is 0 Å². The zero-order valence-electron chi connectivity index (χ0n) is 11.6. The van der Waals surface area contributed by atoms with Crippen LogP contribution in [0.25, 0.3) is 0 Å². The van der Waals surface area contributed by atoms with Crippen molar-refractivity contribution in [3.8, 4) is 0 Å². The molecule has 0 radical (unpaired) electrons. The van der Waals surface area contributed by atoms with Crippen molar-refractivity contribution >= 4 is 17.8 Å². The Labute approximate surface area is 122 Å². The number of hydrogen-bond acceptors (Lipinski definition) is 3. The minimum Gasteiger partial charge on any atom is -0.350 e. The minimum atomic E-state index is -0.348. The first-order chi connectivity index (χ1) is 10.2. The molecule has 2 fully saturated rings. The van der Waals surface area contributed by atoms with Crippen molar-refractivity contribution in [2.45, 2.75) is 25.4 Å². The Kier molecular flexibility index (Phi) is 3.60. The molecule has 2 aliphatic rings. The standard InChI is InChI=1S/C15H17N3O3/c19-13(16-9-11-5-2-1-3-6-11)10-18-14(20)12-7-4-8-17(12)15(18)21/h1-3,5-6,12H,4,7-10H2,(H,16,19). The van der Waals surface area contributed by atoms with E-state index in [2.05, 4.69) is 5.32 Å².